The molecule has 0 aliphatic rings. The molecule has 0 bridgehead atoms. The molecule has 0 radical (unpaired) electrons. The van der Waals surface area contributed by atoms with E-state index in [1.165, 1.54) is 6.20 Å². The molecule has 0 amide bonds. The first-order valence-electron chi connectivity index (χ1n) is 6.10. The van der Waals surface area contributed by atoms with Crippen LogP contribution >= 0.6 is 0 Å². The summed E-state index contributed by atoms with van der Waals surface area (Å²) in [6.45, 7) is 3.25. The SMILES string of the molecule is Cc1ccc(C(CC(=O)O)NS(=O)(=O)c2cn[nH]c2C)o1. The van der Waals surface area contributed by atoms with Crippen molar-refractivity contribution in [2.75, 3.05) is 0 Å². The lowest BCUT2D eigenvalue weighted by Gasteiger charge is -2.14. The Bertz CT molecular complexity index is 747. The standard InChI is InChI=1S/C12H15N3O5S/c1-7-3-4-10(20-7)9(5-12(16)17)15-21(18,19)11-6-13-14-8(11)2/h3-4,6,9,15H,5H2,1-2H3,(H,13,14)(H,16,17). The molecular weight excluding hydrogens is 298 g/mol. The third-order valence-corrected chi connectivity index (χ3v) is 4.44. The number of nitrogens with zero attached hydrogens (tertiary/aromatic N) is 1. The van der Waals surface area contributed by atoms with Gasteiger partial charge < -0.3 is 9.52 Å². The average Bonchev–Trinajstić information content (AvgIpc) is 2.96. The lowest BCUT2D eigenvalue weighted by atomic mass is 10.2. The molecule has 2 aromatic rings. The Morgan fingerprint density at radius 2 is 2.19 bits per heavy atom. The molecule has 0 aliphatic heterocycles. The third kappa shape index (κ3) is 3.50. The first kappa shape index (κ1) is 15.3. The first-order chi connectivity index (χ1) is 9.79. The third-order valence-electron chi connectivity index (χ3n) is 2.85. The minimum atomic E-state index is -3.90. The fraction of sp³-hybridized carbons (Fsp3) is 0.333. The van der Waals surface area contributed by atoms with Crippen molar-refractivity contribution in [1.29, 1.82) is 0 Å². The summed E-state index contributed by atoms with van der Waals surface area (Å²) in [5.41, 5.74) is 0.368. The van der Waals surface area contributed by atoms with Crippen LogP contribution in [0.2, 0.25) is 0 Å². The van der Waals surface area contributed by atoms with Crippen molar-refractivity contribution >= 4 is 16.0 Å². The van der Waals surface area contributed by atoms with Crippen LogP contribution in [0.5, 0.6) is 0 Å². The molecule has 2 heterocycles. The maximum atomic E-state index is 12.3. The van der Waals surface area contributed by atoms with Gasteiger partial charge in [0.1, 0.15) is 16.4 Å². The normalized spacial score (nSPS) is 13.2. The number of hydrogen-bond acceptors (Lipinski definition) is 5. The van der Waals surface area contributed by atoms with Crippen molar-refractivity contribution in [1.82, 2.24) is 14.9 Å². The van der Waals surface area contributed by atoms with E-state index in [0.717, 1.165) is 0 Å². The molecule has 9 heteroatoms. The van der Waals surface area contributed by atoms with Crippen LogP contribution in [0.25, 0.3) is 0 Å². The zero-order valence-corrected chi connectivity index (χ0v) is 12.3. The lowest BCUT2D eigenvalue weighted by molar-refractivity contribution is -0.137. The van der Waals surface area contributed by atoms with E-state index in [4.69, 9.17) is 9.52 Å². The molecule has 114 valence electrons. The van der Waals surface area contributed by atoms with Gasteiger partial charge in [-0.1, -0.05) is 0 Å². The van der Waals surface area contributed by atoms with E-state index in [2.05, 4.69) is 14.9 Å². The van der Waals surface area contributed by atoms with Crippen molar-refractivity contribution in [3.63, 3.8) is 0 Å². The highest BCUT2D eigenvalue weighted by Crippen LogP contribution is 2.23. The Labute approximate surface area is 121 Å². The topological polar surface area (TPSA) is 125 Å². The number of aromatic nitrogens is 2. The molecule has 1 atom stereocenters. The number of aryl methyl sites for hydroxylation is 2. The predicted octanol–water partition coefficient (Wildman–Crippen LogP) is 1.11. The molecule has 0 aromatic carbocycles. The minimum Gasteiger partial charge on any atom is -0.481 e. The number of carbonyl (C=O) groups is 1. The molecular formula is C12H15N3O5S. The van der Waals surface area contributed by atoms with Crippen LogP contribution < -0.4 is 4.72 Å². The summed E-state index contributed by atoms with van der Waals surface area (Å²) in [6.07, 6.45) is 0.742. The summed E-state index contributed by atoms with van der Waals surface area (Å²) in [6, 6.07) is 2.20. The molecule has 0 aliphatic carbocycles. The Morgan fingerprint density at radius 3 is 2.67 bits per heavy atom. The maximum absolute atomic E-state index is 12.3. The van der Waals surface area contributed by atoms with Gasteiger partial charge in [-0.3, -0.25) is 9.89 Å². The second-order valence-corrected chi connectivity index (χ2v) is 6.26. The number of aliphatic carboxylic acids is 1. The number of sulfonamides is 1. The van der Waals surface area contributed by atoms with Gasteiger partial charge in [0.2, 0.25) is 10.0 Å². The monoisotopic (exact) mass is 313 g/mol. The zero-order chi connectivity index (χ0) is 15.6. The van der Waals surface area contributed by atoms with Crippen molar-refractivity contribution in [3.05, 3.63) is 35.5 Å². The van der Waals surface area contributed by atoms with Crippen LogP contribution in [0.1, 0.15) is 29.7 Å². The van der Waals surface area contributed by atoms with Gasteiger partial charge in [0, 0.05) is 0 Å². The van der Waals surface area contributed by atoms with E-state index in [1.807, 2.05) is 0 Å². The first-order valence-corrected chi connectivity index (χ1v) is 7.58. The van der Waals surface area contributed by atoms with E-state index in [0.29, 0.717) is 11.5 Å². The number of furan rings is 1. The van der Waals surface area contributed by atoms with Crippen LogP contribution in [-0.4, -0.2) is 29.7 Å². The highest BCUT2D eigenvalue weighted by molar-refractivity contribution is 7.89. The second kappa shape index (κ2) is 5.70. The summed E-state index contributed by atoms with van der Waals surface area (Å²) >= 11 is 0. The number of aromatic amines is 1. The predicted molar refractivity (Wildman–Crippen MR) is 72.1 cm³/mol. The van der Waals surface area contributed by atoms with Crippen molar-refractivity contribution in [2.45, 2.75) is 31.2 Å². The summed E-state index contributed by atoms with van der Waals surface area (Å²) in [4.78, 5) is 10.9. The molecule has 0 fully saturated rings. The van der Waals surface area contributed by atoms with E-state index in [9.17, 15) is 13.2 Å². The fourth-order valence-corrected chi connectivity index (χ4v) is 3.22. The van der Waals surface area contributed by atoms with Gasteiger partial charge in [0.15, 0.2) is 0 Å². The van der Waals surface area contributed by atoms with Gasteiger partial charge in [-0.2, -0.15) is 9.82 Å². The van der Waals surface area contributed by atoms with Crippen LogP contribution in [0, 0.1) is 13.8 Å². The van der Waals surface area contributed by atoms with Crippen molar-refractivity contribution in [3.8, 4) is 0 Å². The fourth-order valence-electron chi connectivity index (χ4n) is 1.88. The highest BCUT2D eigenvalue weighted by atomic mass is 32.2. The Kier molecular flexibility index (Phi) is 4.14. The van der Waals surface area contributed by atoms with E-state index in [1.54, 1.807) is 26.0 Å². The number of carboxylic acid groups (broad SMARTS) is 1. The minimum absolute atomic E-state index is 0.0267. The van der Waals surface area contributed by atoms with Gasteiger partial charge >= 0.3 is 5.97 Å². The average molecular weight is 313 g/mol. The van der Waals surface area contributed by atoms with Gasteiger partial charge in [0.05, 0.1) is 24.4 Å². The zero-order valence-electron chi connectivity index (χ0n) is 11.5. The molecule has 2 rings (SSSR count). The van der Waals surface area contributed by atoms with Crippen LogP contribution in [0.3, 0.4) is 0 Å². The molecule has 2 aromatic heterocycles. The Balaban J connectivity index is 2.31. The number of rotatable bonds is 6. The quantitative estimate of drug-likeness (QED) is 0.733. The Hall–Kier alpha value is -2.13. The van der Waals surface area contributed by atoms with E-state index < -0.39 is 28.5 Å². The summed E-state index contributed by atoms with van der Waals surface area (Å²) < 4.78 is 32.2. The molecule has 0 saturated heterocycles. The number of nitrogens with one attached hydrogen (secondary N) is 2. The number of H-pyrrole nitrogens is 1. The van der Waals surface area contributed by atoms with Crippen molar-refractivity contribution < 1.29 is 22.7 Å². The Morgan fingerprint density at radius 1 is 1.48 bits per heavy atom. The van der Waals surface area contributed by atoms with Crippen LogP contribution in [-0.2, 0) is 14.8 Å². The molecule has 8 nitrogen and oxygen atoms in total. The lowest BCUT2D eigenvalue weighted by Crippen LogP contribution is -2.30. The second-order valence-electron chi connectivity index (χ2n) is 4.58. The number of carboxylic acids is 1. The highest BCUT2D eigenvalue weighted by Gasteiger charge is 2.27. The maximum Gasteiger partial charge on any atom is 0.305 e. The smallest absolute Gasteiger partial charge is 0.305 e. The van der Waals surface area contributed by atoms with Gasteiger partial charge in [0.25, 0.3) is 0 Å². The summed E-state index contributed by atoms with van der Waals surface area (Å²) in [7, 11) is -3.90. The molecule has 0 saturated carbocycles. The van der Waals surface area contributed by atoms with Gasteiger partial charge in [-0.05, 0) is 26.0 Å². The van der Waals surface area contributed by atoms with E-state index >= 15 is 0 Å². The summed E-state index contributed by atoms with van der Waals surface area (Å²) in [5, 5.41) is 15.1. The van der Waals surface area contributed by atoms with Crippen LogP contribution in [0.4, 0.5) is 0 Å². The summed E-state index contributed by atoms with van der Waals surface area (Å²) in [5.74, 6) is -0.320. The number of hydrogen-bond donors (Lipinski definition) is 3. The molecule has 1 unspecified atom stereocenters. The van der Waals surface area contributed by atoms with Gasteiger partial charge in [-0.15, -0.1) is 0 Å². The molecule has 21 heavy (non-hydrogen) atoms. The largest absolute Gasteiger partial charge is 0.481 e. The van der Waals surface area contributed by atoms with Gasteiger partial charge in [-0.25, -0.2) is 8.42 Å². The molecule has 0 spiro atoms. The van der Waals surface area contributed by atoms with Crippen LogP contribution in [0.15, 0.2) is 27.6 Å². The van der Waals surface area contributed by atoms with Crippen molar-refractivity contribution in [2.24, 2.45) is 0 Å². The van der Waals surface area contributed by atoms with E-state index in [-0.39, 0.29) is 10.7 Å². The molecule has 3 N–H and O–H groups in total.